The summed E-state index contributed by atoms with van der Waals surface area (Å²) in [5, 5.41) is 4.87. The van der Waals surface area contributed by atoms with E-state index in [9.17, 15) is 13.2 Å². The highest BCUT2D eigenvalue weighted by Gasteiger charge is 2.69. The Balaban J connectivity index is 1.96. The molecule has 0 aromatic heterocycles. The molecule has 0 aromatic rings. The van der Waals surface area contributed by atoms with E-state index in [-0.39, 0.29) is 6.61 Å². The summed E-state index contributed by atoms with van der Waals surface area (Å²) in [4.78, 5) is 12.5. The Kier molecular flexibility index (Phi) is 3.59. The van der Waals surface area contributed by atoms with E-state index in [1.54, 1.807) is 32.4 Å². The van der Waals surface area contributed by atoms with E-state index in [1.807, 2.05) is 0 Å². The molecule has 0 spiro atoms. The lowest BCUT2D eigenvalue weighted by Gasteiger charge is -2.38. The summed E-state index contributed by atoms with van der Waals surface area (Å²) in [7, 11) is -4.29. The number of nitrogens with two attached hydrogens (primary N) is 1. The van der Waals surface area contributed by atoms with Crippen LogP contribution in [0.15, 0.2) is 0 Å². The molecule has 0 saturated carbocycles. The summed E-state index contributed by atoms with van der Waals surface area (Å²) in [5.74, 6) is -5.13. The van der Waals surface area contributed by atoms with Gasteiger partial charge in [0.1, 0.15) is 12.2 Å². The van der Waals surface area contributed by atoms with Crippen molar-refractivity contribution in [3.8, 4) is 0 Å². The summed E-state index contributed by atoms with van der Waals surface area (Å²) in [5.41, 5.74) is 0. The average Bonchev–Trinajstić information content (AvgIpc) is 2.79. The van der Waals surface area contributed by atoms with Crippen LogP contribution in [0.5, 0.6) is 0 Å². The Labute approximate surface area is 133 Å². The van der Waals surface area contributed by atoms with Crippen molar-refractivity contribution in [2.24, 2.45) is 5.14 Å². The first-order valence-electron chi connectivity index (χ1n) is 7.06. The predicted octanol–water partition coefficient (Wildman–Crippen LogP) is -1.30. The molecule has 3 rings (SSSR count). The lowest BCUT2D eigenvalue weighted by atomic mass is 9.96. The van der Waals surface area contributed by atoms with E-state index in [0.717, 1.165) is 0 Å². The monoisotopic (exact) mass is 352 g/mol. The lowest BCUT2D eigenvalue weighted by molar-refractivity contribution is -0.266. The minimum Gasteiger partial charge on any atom is -0.342 e. The van der Waals surface area contributed by atoms with E-state index in [0.29, 0.717) is 0 Å². The molecule has 0 unspecified atom stereocenters. The fourth-order valence-corrected chi connectivity index (χ4v) is 3.52. The molecule has 3 aliphatic rings. The molecule has 3 saturated heterocycles. The Hall–Kier alpha value is -0.820. The Bertz CT molecular complexity index is 633. The van der Waals surface area contributed by atoms with Gasteiger partial charge in [0.15, 0.2) is 17.7 Å². The maximum Gasteiger partial charge on any atom is 0.298 e. The van der Waals surface area contributed by atoms with Gasteiger partial charge in [-0.25, -0.2) is 9.86 Å². The van der Waals surface area contributed by atoms with Crippen molar-refractivity contribution in [3.05, 3.63) is 0 Å². The smallest absolute Gasteiger partial charge is 0.298 e. The van der Waals surface area contributed by atoms with Gasteiger partial charge in [0.05, 0.1) is 6.61 Å². The van der Waals surface area contributed by atoms with Gasteiger partial charge in [-0.1, -0.05) is 0 Å². The summed E-state index contributed by atoms with van der Waals surface area (Å²) in [6, 6.07) is 0. The maximum absolute atomic E-state index is 12.5. The molecule has 0 aromatic carbocycles. The van der Waals surface area contributed by atoms with Crippen molar-refractivity contribution >= 4 is 16.1 Å². The molecule has 3 N–H and O–H groups in total. The van der Waals surface area contributed by atoms with Crippen LogP contribution in [0, 0.1) is 0 Å². The Morgan fingerprint density at radius 1 is 1.13 bits per heavy atom. The second-order valence-corrected chi connectivity index (χ2v) is 7.93. The van der Waals surface area contributed by atoms with Crippen LogP contribution in [0.3, 0.4) is 0 Å². The van der Waals surface area contributed by atoms with Gasteiger partial charge < -0.3 is 23.7 Å². The van der Waals surface area contributed by atoms with Gasteiger partial charge in [0, 0.05) is 0 Å². The van der Waals surface area contributed by atoms with E-state index >= 15 is 0 Å². The number of nitrogens with one attached hydrogen (secondary N) is 1. The lowest BCUT2D eigenvalue weighted by Crippen LogP contribution is -2.65. The van der Waals surface area contributed by atoms with Crippen LogP contribution >= 0.6 is 0 Å². The van der Waals surface area contributed by atoms with Gasteiger partial charge in [0.2, 0.25) is 0 Å². The molecule has 3 fully saturated rings. The number of amides is 1. The van der Waals surface area contributed by atoms with E-state index in [2.05, 4.69) is 0 Å². The Morgan fingerprint density at radius 3 is 2.39 bits per heavy atom. The molecule has 0 radical (unpaired) electrons. The van der Waals surface area contributed by atoms with Gasteiger partial charge in [-0.05, 0) is 27.7 Å². The largest absolute Gasteiger partial charge is 0.342 e. The molecule has 3 aliphatic heterocycles. The standard InChI is InChI=1S/C12H20N2O8S/c1-10(2)19-6-5-18-12(9(15)14-23(13,16)17)8(7(6)20-10)21-11(3,4)22-12/h6-8H,5H2,1-4H3,(H,14,15)(H2,13,16,17)/t6-,7-,8+,12-/m1/s1. The first-order valence-corrected chi connectivity index (χ1v) is 8.61. The summed E-state index contributed by atoms with van der Waals surface area (Å²) in [6.07, 6.45) is -2.14. The second kappa shape index (κ2) is 4.85. The molecule has 0 bridgehead atoms. The number of hydrogen-bond donors (Lipinski definition) is 2. The number of carbonyl (C=O) groups excluding carboxylic acids is 1. The van der Waals surface area contributed by atoms with E-state index < -0.39 is 51.8 Å². The summed E-state index contributed by atoms with van der Waals surface area (Å²) < 4.78 is 52.5. The minimum absolute atomic E-state index is 0.0257. The van der Waals surface area contributed by atoms with Crippen LogP contribution in [-0.2, 0) is 38.7 Å². The average molecular weight is 352 g/mol. The normalized spacial score (nSPS) is 41.2. The van der Waals surface area contributed by atoms with Gasteiger partial charge in [-0.15, -0.1) is 0 Å². The molecule has 10 nitrogen and oxygen atoms in total. The van der Waals surface area contributed by atoms with Crippen molar-refractivity contribution in [2.75, 3.05) is 6.61 Å². The molecule has 23 heavy (non-hydrogen) atoms. The van der Waals surface area contributed by atoms with Gasteiger partial charge >= 0.3 is 0 Å². The van der Waals surface area contributed by atoms with Gasteiger partial charge in [-0.2, -0.15) is 8.42 Å². The van der Waals surface area contributed by atoms with Crippen LogP contribution in [0.4, 0.5) is 0 Å². The van der Waals surface area contributed by atoms with Crippen molar-refractivity contribution in [1.29, 1.82) is 0 Å². The fourth-order valence-electron chi connectivity index (χ4n) is 3.12. The number of ether oxygens (including phenoxy) is 5. The van der Waals surface area contributed by atoms with E-state index in [1.165, 1.54) is 0 Å². The number of fused-ring (bicyclic) bond motifs is 3. The van der Waals surface area contributed by atoms with Crippen molar-refractivity contribution in [3.63, 3.8) is 0 Å². The number of rotatable bonds is 2. The molecule has 11 heteroatoms. The van der Waals surface area contributed by atoms with Gasteiger partial charge in [-0.3, -0.25) is 4.79 Å². The third-order valence-corrected chi connectivity index (χ3v) is 4.19. The molecule has 4 atom stereocenters. The van der Waals surface area contributed by atoms with Crippen LogP contribution in [-0.4, -0.2) is 56.6 Å². The second-order valence-electron chi connectivity index (χ2n) is 6.63. The molecule has 1 amide bonds. The van der Waals surface area contributed by atoms with Crippen molar-refractivity contribution in [1.82, 2.24) is 4.72 Å². The summed E-state index contributed by atoms with van der Waals surface area (Å²) >= 11 is 0. The van der Waals surface area contributed by atoms with Gasteiger partial charge in [0.25, 0.3) is 21.9 Å². The summed E-state index contributed by atoms with van der Waals surface area (Å²) in [6.45, 7) is 6.58. The molecule has 0 aliphatic carbocycles. The van der Waals surface area contributed by atoms with Crippen LogP contribution in [0.25, 0.3) is 0 Å². The molecular weight excluding hydrogens is 332 g/mol. The molecule has 132 valence electrons. The molecular formula is C12H20N2O8S. The topological polar surface area (TPSA) is 135 Å². The van der Waals surface area contributed by atoms with Crippen LogP contribution in [0.2, 0.25) is 0 Å². The highest BCUT2D eigenvalue weighted by Crippen LogP contribution is 2.47. The third kappa shape index (κ3) is 2.97. The SMILES string of the molecule is CC1(C)O[C@@H]2[C@@H](CO[C@@]3(C(=O)NS(N)(=O)=O)OC(C)(C)O[C@@H]23)O1. The third-order valence-electron chi connectivity index (χ3n) is 3.72. The zero-order chi connectivity index (χ0) is 17.3. The van der Waals surface area contributed by atoms with E-state index in [4.69, 9.17) is 28.8 Å². The maximum atomic E-state index is 12.5. The van der Waals surface area contributed by atoms with Crippen LogP contribution < -0.4 is 9.86 Å². The Morgan fingerprint density at radius 2 is 1.78 bits per heavy atom. The molecule has 3 heterocycles. The zero-order valence-electron chi connectivity index (χ0n) is 13.2. The minimum atomic E-state index is -4.29. The zero-order valence-corrected chi connectivity index (χ0v) is 14.0. The highest BCUT2D eigenvalue weighted by molar-refractivity contribution is 7.87. The predicted molar refractivity (Wildman–Crippen MR) is 73.8 cm³/mol. The first kappa shape index (κ1) is 17.0. The fraction of sp³-hybridized carbons (Fsp3) is 0.917. The quantitative estimate of drug-likeness (QED) is 0.626. The number of hydrogen-bond acceptors (Lipinski definition) is 8. The first-order chi connectivity index (χ1) is 10.3. The van der Waals surface area contributed by atoms with Crippen molar-refractivity contribution < 1.29 is 36.9 Å². The highest BCUT2D eigenvalue weighted by atomic mass is 32.2. The number of carbonyl (C=O) groups is 1. The van der Waals surface area contributed by atoms with Crippen molar-refractivity contribution in [2.45, 2.75) is 63.4 Å². The van der Waals surface area contributed by atoms with Crippen LogP contribution in [0.1, 0.15) is 27.7 Å².